The Kier molecular flexibility index (Phi) is 8.60. The highest BCUT2D eigenvalue weighted by Crippen LogP contribution is 2.40. The van der Waals surface area contributed by atoms with Crippen molar-refractivity contribution >= 4 is 49.6 Å². The summed E-state index contributed by atoms with van der Waals surface area (Å²) in [6.45, 7) is 6.21. The van der Waals surface area contributed by atoms with E-state index in [0.717, 1.165) is 22.0 Å². The van der Waals surface area contributed by atoms with Gasteiger partial charge in [-0.05, 0) is 66.0 Å². The topological polar surface area (TPSA) is 102 Å². The molecule has 5 rings (SSSR count). The number of pyridine rings is 1. The summed E-state index contributed by atoms with van der Waals surface area (Å²) in [5.74, 6) is 2.31. The molecule has 8 nitrogen and oxygen atoms in total. The van der Waals surface area contributed by atoms with Crippen molar-refractivity contribution < 1.29 is 18.5 Å². The zero-order valence-corrected chi connectivity index (χ0v) is 26.7. The summed E-state index contributed by atoms with van der Waals surface area (Å²) in [4.78, 5) is 18.4. The number of carbonyl (C=O) groups excluding carboxylic acids is 1. The number of hydrogen-bond acceptors (Lipinski definition) is 6. The Morgan fingerprint density at radius 3 is 2.18 bits per heavy atom. The van der Waals surface area contributed by atoms with Crippen LogP contribution in [0.2, 0.25) is 0 Å². The van der Waals surface area contributed by atoms with E-state index < -0.39 is 16.0 Å². The van der Waals surface area contributed by atoms with Crippen LogP contribution in [0, 0.1) is 0 Å². The summed E-state index contributed by atoms with van der Waals surface area (Å²) in [6, 6.07) is 28.1. The van der Waals surface area contributed by atoms with Crippen molar-refractivity contribution in [3.63, 3.8) is 0 Å². The van der Waals surface area contributed by atoms with Crippen molar-refractivity contribution in [1.82, 2.24) is 4.98 Å². The Labute approximate surface area is 259 Å². The third-order valence-electron chi connectivity index (χ3n) is 7.11. The van der Waals surface area contributed by atoms with Crippen LogP contribution in [0.15, 0.2) is 102 Å². The summed E-state index contributed by atoms with van der Waals surface area (Å²) < 4.78 is 25.1. The molecule has 3 N–H and O–H groups in total. The fourth-order valence-corrected chi connectivity index (χ4v) is 5.99. The molecular weight excluding hydrogens is 572 g/mol. The summed E-state index contributed by atoms with van der Waals surface area (Å²) >= 11 is 0. The molecule has 0 atom stereocenters. The van der Waals surface area contributed by atoms with Gasteiger partial charge in [-0.25, -0.2) is 9.78 Å². The SMILES string of the molecule is COc1c(NC(=O)Nc2ccc(Oc3ccnc(Nc4ccccc4)c3)c3ccccc23)cc(C(C)(C)C)cc1[SH](C)(C)=O. The van der Waals surface area contributed by atoms with E-state index in [1.807, 2.05) is 84.9 Å². The molecule has 1 heterocycles. The van der Waals surface area contributed by atoms with Crippen LogP contribution in [0.4, 0.5) is 27.7 Å². The molecule has 0 saturated heterocycles. The van der Waals surface area contributed by atoms with Gasteiger partial charge in [-0.15, -0.1) is 0 Å². The van der Waals surface area contributed by atoms with E-state index in [-0.39, 0.29) is 5.41 Å². The molecule has 44 heavy (non-hydrogen) atoms. The second-order valence-electron chi connectivity index (χ2n) is 11.9. The quantitative estimate of drug-likeness (QED) is 0.132. The molecule has 0 radical (unpaired) electrons. The van der Waals surface area contributed by atoms with Crippen molar-refractivity contribution in [2.24, 2.45) is 0 Å². The van der Waals surface area contributed by atoms with E-state index in [2.05, 4.69) is 41.7 Å². The molecule has 0 saturated carbocycles. The summed E-state index contributed by atoms with van der Waals surface area (Å²) in [6.07, 6.45) is 5.08. The number of urea groups is 1. The van der Waals surface area contributed by atoms with Crippen molar-refractivity contribution in [3.05, 3.63) is 103 Å². The molecule has 0 fully saturated rings. The van der Waals surface area contributed by atoms with Crippen LogP contribution >= 0.6 is 0 Å². The van der Waals surface area contributed by atoms with E-state index >= 15 is 0 Å². The van der Waals surface area contributed by atoms with E-state index in [0.29, 0.717) is 39.3 Å². The molecule has 228 valence electrons. The summed E-state index contributed by atoms with van der Waals surface area (Å²) in [5, 5.41) is 10.8. The molecule has 1 aromatic heterocycles. The molecule has 0 bridgehead atoms. The van der Waals surface area contributed by atoms with Gasteiger partial charge in [0.1, 0.15) is 17.3 Å². The number of hydrogen-bond donors (Lipinski definition) is 4. The molecule has 0 aliphatic heterocycles. The van der Waals surface area contributed by atoms with Crippen molar-refractivity contribution in [3.8, 4) is 17.2 Å². The molecule has 2 amide bonds. The maximum atomic E-state index is 13.4. The smallest absolute Gasteiger partial charge is 0.323 e. The first-order valence-electron chi connectivity index (χ1n) is 14.3. The average Bonchev–Trinajstić information content (AvgIpc) is 2.98. The van der Waals surface area contributed by atoms with Gasteiger partial charge in [0.25, 0.3) is 0 Å². The highest BCUT2D eigenvalue weighted by Gasteiger charge is 2.24. The number of carbonyl (C=O) groups is 1. The summed E-state index contributed by atoms with van der Waals surface area (Å²) in [5.41, 5.74) is 2.70. The van der Waals surface area contributed by atoms with Crippen molar-refractivity contribution in [2.75, 3.05) is 35.6 Å². The van der Waals surface area contributed by atoms with E-state index in [1.54, 1.807) is 24.8 Å². The lowest BCUT2D eigenvalue weighted by atomic mass is 9.86. The Balaban J connectivity index is 1.41. The van der Waals surface area contributed by atoms with Gasteiger partial charge in [-0.1, -0.05) is 73.2 Å². The van der Waals surface area contributed by atoms with Gasteiger partial charge in [0.2, 0.25) is 0 Å². The minimum Gasteiger partial charge on any atom is -0.493 e. The first-order chi connectivity index (χ1) is 20.9. The van der Waals surface area contributed by atoms with Crippen LogP contribution in [0.3, 0.4) is 0 Å². The number of aromatic nitrogens is 1. The highest BCUT2D eigenvalue weighted by atomic mass is 32.2. The molecule has 5 aromatic rings. The molecule has 0 aliphatic carbocycles. The molecule has 0 unspecified atom stereocenters. The van der Waals surface area contributed by atoms with Gasteiger partial charge in [-0.3, -0.25) is 4.21 Å². The fraction of sp³-hybridized carbons (Fsp3) is 0.200. The maximum Gasteiger partial charge on any atom is 0.323 e. The van der Waals surface area contributed by atoms with Crippen LogP contribution in [-0.4, -0.2) is 34.8 Å². The molecule has 4 aromatic carbocycles. The van der Waals surface area contributed by atoms with Crippen LogP contribution in [0.5, 0.6) is 17.2 Å². The van der Waals surface area contributed by atoms with Crippen LogP contribution in [0.1, 0.15) is 26.3 Å². The Morgan fingerprint density at radius 2 is 1.50 bits per heavy atom. The maximum absolute atomic E-state index is 13.4. The van der Waals surface area contributed by atoms with Gasteiger partial charge < -0.3 is 25.4 Å². The number of methoxy groups -OCH3 is 1. The third kappa shape index (κ3) is 7.01. The van der Waals surface area contributed by atoms with Gasteiger partial charge in [0, 0.05) is 28.7 Å². The fourth-order valence-electron chi connectivity index (χ4n) is 4.84. The number of amides is 2. The number of anilines is 4. The monoisotopic (exact) mass is 610 g/mol. The first kappa shape index (κ1) is 30.6. The molecule has 9 heteroatoms. The molecular formula is C35H38N4O4S. The number of nitrogens with zero attached hydrogens (tertiary/aromatic N) is 1. The Bertz CT molecular complexity index is 1860. The predicted octanol–water partition coefficient (Wildman–Crippen LogP) is 8.36. The number of rotatable bonds is 8. The Hall–Kier alpha value is -4.89. The van der Waals surface area contributed by atoms with Crippen LogP contribution < -0.4 is 25.4 Å². The number of ether oxygens (including phenoxy) is 2. The number of nitrogens with one attached hydrogen (secondary N) is 3. The van der Waals surface area contributed by atoms with Gasteiger partial charge in [0.15, 0.2) is 5.75 Å². The van der Waals surface area contributed by atoms with Gasteiger partial charge in [0.05, 0.1) is 23.4 Å². The number of para-hydroxylation sites is 1. The lowest BCUT2D eigenvalue weighted by Gasteiger charge is -2.26. The van der Waals surface area contributed by atoms with Crippen molar-refractivity contribution in [1.29, 1.82) is 0 Å². The predicted molar refractivity (Wildman–Crippen MR) is 182 cm³/mol. The van der Waals surface area contributed by atoms with E-state index in [4.69, 9.17) is 9.47 Å². The van der Waals surface area contributed by atoms with E-state index in [9.17, 15) is 9.00 Å². The van der Waals surface area contributed by atoms with E-state index in [1.165, 1.54) is 7.11 Å². The lowest BCUT2D eigenvalue weighted by molar-refractivity contribution is 0.262. The zero-order valence-electron chi connectivity index (χ0n) is 25.8. The number of thiol groups is 1. The van der Waals surface area contributed by atoms with Crippen LogP contribution in [-0.2, 0) is 15.3 Å². The minimum atomic E-state index is -2.71. The average molecular weight is 611 g/mol. The lowest BCUT2D eigenvalue weighted by Crippen LogP contribution is -2.22. The Morgan fingerprint density at radius 1 is 0.818 bits per heavy atom. The zero-order chi connectivity index (χ0) is 31.5. The largest absolute Gasteiger partial charge is 0.493 e. The summed E-state index contributed by atoms with van der Waals surface area (Å²) in [7, 11) is -1.19. The van der Waals surface area contributed by atoms with Gasteiger partial charge in [-0.2, -0.15) is 0 Å². The molecule has 0 aliphatic rings. The molecule has 0 spiro atoms. The first-order valence-corrected chi connectivity index (χ1v) is 16.9. The number of benzene rings is 4. The normalized spacial score (nSPS) is 12.0. The van der Waals surface area contributed by atoms with Crippen LogP contribution in [0.25, 0.3) is 10.8 Å². The second kappa shape index (κ2) is 12.4. The standard InChI is InChI=1S/C35H38N4O4S/c1-35(2,3)23-20-29(33(42-4)31(21-23)44(5,6)41)39-34(40)38-28-16-17-30(27-15-11-10-14-26(27)28)43-25-18-19-36-32(22-25)37-24-12-8-7-9-13-24/h7-22,44H,1-6H3,(H,36,37)(H2,38,39,40). The highest BCUT2D eigenvalue weighted by molar-refractivity contribution is 8.01. The second-order valence-corrected chi connectivity index (χ2v) is 15.1. The van der Waals surface area contributed by atoms with Crippen molar-refractivity contribution in [2.45, 2.75) is 31.1 Å². The third-order valence-corrected chi connectivity index (χ3v) is 8.60. The van der Waals surface area contributed by atoms with Gasteiger partial charge >= 0.3 is 6.03 Å². The number of fused-ring (bicyclic) bond motifs is 1. The minimum absolute atomic E-state index is 0.234.